The van der Waals surface area contributed by atoms with Gasteiger partial charge in [-0.25, -0.2) is 0 Å². The molecule has 0 bridgehead atoms. The van der Waals surface area contributed by atoms with Crippen LogP contribution in [-0.2, 0) is 13.0 Å². The van der Waals surface area contributed by atoms with E-state index in [-0.39, 0.29) is 0 Å². The number of benzene rings is 1. The van der Waals surface area contributed by atoms with E-state index < -0.39 is 0 Å². The fourth-order valence-corrected chi connectivity index (χ4v) is 2.06. The van der Waals surface area contributed by atoms with Crippen LogP contribution in [0.3, 0.4) is 0 Å². The highest BCUT2D eigenvalue weighted by atomic mass is 35.5. The summed E-state index contributed by atoms with van der Waals surface area (Å²) >= 11 is 5.96. The van der Waals surface area contributed by atoms with Crippen molar-refractivity contribution < 1.29 is 0 Å². The first-order chi connectivity index (χ1) is 8.24. The van der Waals surface area contributed by atoms with Crippen LogP contribution in [0, 0.1) is 0 Å². The van der Waals surface area contributed by atoms with E-state index in [4.69, 9.17) is 11.6 Å². The smallest absolute Gasteiger partial charge is 0.0408 e. The summed E-state index contributed by atoms with van der Waals surface area (Å²) in [4.78, 5) is 3.05. The van der Waals surface area contributed by atoms with Crippen LogP contribution in [0.25, 0.3) is 0 Å². The van der Waals surface area contributed by atoms with Gasteiger partial charge in [-0.3, -0.25) is 0 Å². The molecule has 0 saturated heterocycles. The van der Waals surface area contributed by atoms with Gasteiger partial charge >= 0.3 is 0 Å². The molecular weight excluding hydrogens is 232 g/mol. The summed E-state index contributed by atoms with van der Waals surface area (Å²) in [7, 11) is 0. The maximum absolute atomic E-state index is 5.96. The number of hydrogen-bond acceptors (Lipinski definition) is 1. The number of rotatable bonds is 5. The van der Waals surface area contributed by atoms with Crippen LogP contribution in [0.2, 0.25) is 5.02 Å². The molecule has 1 heterocycles. The summed E-state index contributed by atoms with van der Waals surface area (Å²) in [6, 6.07) is 10.6. The van der Waals surface area contributed by atoms with E-state index in [0.717, 1.165) is 18.0 Å². The van der Waals surface area contributed by atoms with Crippen molar-refractivity contribution >= 4 is 11.6 Å². The van der Waals surface area contributed by atoms with Crippen molar-refractivity contribution in [3.8, 4) is 0 Å². The Morgan fingerprint density at radius 2 is 2.18 bits per heavy atom. The van der Waals surface area contributed by atoms with E-state index in [1.54, 1.807) is 0 Å². The Morgan fingerprint density at radius 1 is 1.29 bits per heavy atom. The first kappa shape index (κ1) is 12.2. The van der Waals surface area contributed by atoms with Crippen LogP contribution in [0.5, 0.6) is 0 Å². The zero-order chi connectivity index (χ0) is 12.1. The van der Waals surface area contributed by atoms with Gasteiger partial charge in [0.05, 0.1) is 0 Å². The molecule has 1 aromatic heterocycles. The molecule has 0 radical (unpaired) electrons. The Bertz CT molecular complexity index is 451. The maximum Gasteiger partial charge on any atom is 0.0408 e. The average Bonchev–Trinajstić information content (AvgIpc) is 2.79. The van der Waals surface area contributed by atoms with Crippen LogP contribution in [0.1, 0.15) is 18.1 Å². The Balaban J connectivity index is 1.83. The van der Waals surface area contributed by atoms with Gasteiger partial charge in [0.2, 0.25) is 0 Å². The van der Waals surface area contributed by atoms with Crippen molar-refractivity contribution in [2.24, 2.45) is 0 Å². The van der Waals surface area contributed by atoms with Gasteiger partial charge < -0.3 is 10.3 Å². The Morgan fingerprint density at radius 3 is 2.88 bits per heavy atom. The molecule has 1 aromatic carbocycles. The number of aromatic nitrogens is 1. The lowest BCUT2D eigenvalue weighted by molar-refractivity contribution is 0.546. The van der Waals surface area contributed by atoms with E-state index in [0.29, 0.717) is 6.04 Å². The highest BCUT2D eigenvalue weighted by Gasteiger charge is 2.03. The molecule has 0 aliphatic carbocycles. The molecule has 17 heavy (non-hydrogen) atoms. The van der Waals surface area contributed by atoms with Gasteiger partial charge in [-0.05, 0) is 42.7 Å². The number of nitrogens with one attached hydrogen (secondary N) is 2. The molecule has 2 nitrogen and oxygen atoms in total. The van der Waals surface area contributed by atoms with Crippen molar-refractivity contribution in [2.75, 3.05) is 0 Å². The third kappa shape index (κ3) is 3.91. The normalized spacial score (nSPS) is 12.6. The third-order valence-corrected chi connectivity index (χ3v) is 2.98. The van der Waals surface area contributed by atoms with Gasteiger partial charge in [-0.15, -0.1) is 0 Å². The molecule has 1 unspecified atom stereocenters. The van der Waals surface area contributed by atoms with Gasteiger partial charge in [0, 0.05) is 30.0 Å². The Hall–Kier alpha value is -1.25. The first-order valence-electron chi connectivity index (χ1n) is 5.83. The van der Waals surface area contributed by atoms with Crippen LogP contribution >= 0.6 is 11.6 Å². The molecule has 2 N–H and O–H groups in total. The minimum atomic E-state index is 0.434. The van der Waals surface area contributed by atoms with Gasteiger partial charge in [0.15, 0.2) is 0 Å². The second-order valence-electron chi connectivity index (χ2n) is 4.34. The minimum absolute atomic E-state index is 0.434. The fourth-order valence-electron chi connectivity index (χ4n) is 1.85. The van der Waals surface area contributed by atoms with Gasteiger partial charge in [-0.1, -0.05) is 23.7 Å². The number of hydrogen-bond donors (Lipinski definition) is 2. The third-order valence-electron chi connectivity index (χ3n) is 2.75. The predicted molar refractivity (Wildman–Crippen MR) is 72.3 cm³/mol. The van der Waals surface area contributed by atoms with Gasteiger partial charge in [0.25, 0.3) is 0 Å². The molecule has 0 saturated carbocycles. The molecule has 0 aliphatic heterocycles. The molecule has 1 atom stereocenters. The first-order valence-corrected chi connectivity index (χ1v) is 6.21. The van der Waals surface area contributed by atoms with E-state index >= 15 is 0 Å². The zero-order valence-corrected chi connectivity index (χ0v) is 10.7. The SMILES string of the molecule is CC(Cc1cccc(Cl)c1)NCc1cc[nH]c1. The lowest BCUT2D eigenvalue weighted by Gasteiger charge is -2.13. The van der Waals surface area contributed by atoms with E-state index in [9.17, 15) is 0 Å². The van der Waals surface area contributed by atoms with Gasteiger partial charge in [-0.2, -0.15) is 0 Å². The summed E-state index contributed by atoms with van der Waals surface area (Å²) in [5, 5.41) is 4.30. The van der Waals surface area contributed by atoms with Crippen LogP contribution < -0.4 is 5.32 Å². The van der Waals surface area contributed by atoms with Crippen LogP contribution in [-0.4, -0.2) is 11.0 Å². The van der Waals surface area contributed by atoms with Crippen LogP contribution in [0.4, 0.5) is 0 Å². The molecule has 0 amide bonds. The zero-order valence-electron chi connectivity index (χ0n) is 9.91. The topological polar surface area (TPSA) is 27.8 Å². The second kappa shape index (κ2) is 5.89. The lowest BCUT2D eigenvalue weighted by atomic mass is 10.1. The average molecular weight is 249 g/mol. The van der Waals surface area contributed by atoms with Crippen molar-refractivity contribution in [1.29, 1.82) is 0 Å². The standard InChI is InChI=1S/C14H17ClN2/c1-11(17-10-13-5-6-16-9-13)7-12-3-2-4-14(15)8-12/h2-6,8-9,11,16-17H,7,10H2,1H3. The minimum Gasteiger partial charge on any atom is -0.367 e. The van der Waals surface area contributed by atoms with Crippen molar-refractivity contribution in [3.05, 3.63) is 58.9 Å². The van der Waals surface area contributed by atoms with Crippen molar-refractivity contribution in [1.82, 2.24) is 10.3 Å². The number of H-pyrrole nitrogens is 1. The molecule has 0 fully saturated rings. The number of halogens is 1. The van der Waals surface area contributed by atoms with Crippen LogP contribution in [0.15, 0.2) is 42.7 Å². The molecule has 0 spiro atoms. The fraction of sp³-hybridized carbons (Fsp3) is 0.286. The van der Waals surface area contributed by atoms with Crippen molar-refractivity contribution in [3.63, 3.8) is 0 Å². The molecule has 3 heteroatoms. The van der Waals surface area contributed by atoms with Gasteiger partial charge in [0.1, 0.15) is 0 Å². The molecule has 90 valence electrons. The lowest BCUT2D eigenvalue weighted by Crippen LogP contribution is -2.27. The van der Waals surface area contributed by atoms with Crippen molar-refractivity contribution in [2.45, 2.75) is 25.9 Å². The van der Waals surface area contributed by atoms with E-state index in [2.05, 4.69) is 29.4 Å². The molecule has 0 aliphatic rings. The molecule has 2 rings (SSSR count). The van der Waals surface area contributed by atoms with E-state index in [1.807, 2.05) is 30.6 Å². The summed E-state index contributed by atoms with van der Waals surface area (Å²) in [6.45, 7) is 3.08. The highest BCUT2D eigenvalue weighted by molar-refractivity contribution is 6.30. The summed E-state index contributed by atoms with van der Waals surface area (Å²) in [5.41, 5.74) is 2.55. The number of aromatic amines is 1. The Labute approximate surface area is 107 Å². The van der Waals surface area contributed by atoms with E-state index in [1.165, 1.54) is 11.1 Å². The summed E-state index contributed by atoms with van der Waals surface area (Å²) < 4.78 is 0. The summed E-state index contributed by atoms with van der Waals surface area (Å²) in [6.07, 6.45) is 4.95. The predicted octanol–water partition coefficient (Wildman–Crippen LogP) is 3.39. The molecular formula is C14H17ClN2. The highest BCUT2D eigenvalue weighted by Crippen LogP contribution is 2.12. The monoisotopic (exact) mass is 248 g/mol. The maximum atomic E-state index is 5.96. The second-order valence-corrected chi connectivity index (χ2v) is 4.77. The Kier molecular flexibility index (Phi) is 4.24. The molecule has 2 aromatic rings. The summed E-state index contributed by atoms with van der Waals surface area (Å²) in [5.74, 6) is 0. The largest absolute Gasteiger partial charge is 0.367 e. The quantitative estimate of drug-likeness (QED) is 0.834.